The number of hydrazine groups is 1. The lowest BCUT2D eigenvalue weighted by molar-refractivity contribution is 0.551. The molecule has 0 bridgehead atoms. The SMILES string of the molecule is CCn1ccnc1C(NN)c1cncc(F)c1. The standard InChI is InChI=1S/C11H14FN5/c1-2-17-4-3-15-11(17)10(16-13)8-5-9(12)7-14-6-8/h3-7,10,16H,2,13H2,1H3. The summed E-state index contributed by atoms with van der Waals surface area (Å²) in [6, 6.07) is 1.03. The van der Waals surface area contributed by atoms with Crippen LogP contribution in [0.1, 0.15) is 24.4 Å². The van der Waals surface area contributed by atoms with Crippen LogP contribution in [-0.4, -0.2) is 14.5 Å². The number of nitrogens with two attached hydrogens (primary N) is 1. The van der Waals surface area contributed by atoms with Crippen LogP contribution in [0, 0.1) is 5.82 Å². The van der Waals surface area contributed by atoms with Gasteiger partial charge < -0.3 is 4.57 Å². The monoisotopic (exact) mass is 235 g/mol. The van der Waals surface area contributed by atoms with Crippen LogP contribution in [0.25, 0.3) is 0 Å². The minimum atomic E-state index is -0.391. The fourth-order valence-corrected chi connectivity index (χ4v) is 1.75. The minimum Gasteiger partial charge on any atom is -0.334 e. The van der Waals surface area contributed by atoms with Crippen LogP contribution >= 0.6 is 0 Å². The molecule has 0 aliphatic heterocycles. The molecular formula is C11H14FN5. The number of aryl methyl sites for hydroxylation is 1. The lowest BCUT2D eigenvalue weighted by Crippen LogP contribution is -2.31. The summed E-state index contributed by atoms with van der Waals surface area (Å²) in [5, 5.41) is 0. The molecule has 2 heterocycles. The number of halogens is 1. The molecule has 2 aromatic heterocycles. The maximum absolute atomic E-state index is 13.1. The summed E-state index contributed by atoms with van der Waals surface area (Å²) in [6.07, 6.45) is 6.27. The molecule has 17 heavy (non-hydrogen) atoms. The summed E-state index contributed by atoms with van der Waals surface area (Å²) in [5.41, 5.74) is 3.28. The van der Waals surface area contributed by atoms with E-state index in [1.165, 1.54) is 6.07 Å². The lowest BCUT2D eigenvalue weighted by atomic mass is 10.1. The molecule has 0 aromatic carbocycles. The van der Waals surface area contributed by atoms with E-state index in [9.17, 15) is 4.39 Å². The molecule has 1 unspecified atom stereocenters. The van der Waals surface area contributed by atoms with Crippen LogP contribution in [0.15, 0.2) is 30.9 Å². The minimum absolute atomic E-state index is 0.367. The molecule has 0 saturated carbocycles. The highest BCUT2D eigenvalue weighted by molar-refractivity contribution is 5.22. The van der Waals surface area contributed by atoms with Gasteiger partial charge in [0, 0.05) is 25.1 Å². The van der Waals surface area contributed by atoms with Crippen LogP contribution in [0.3, 0.4) is 0 Å². The quantitative estimate of drug-likeness (QED) is 0.612. The van der Waals surface area contributed by atoms with Gasteiger partial charge >= 0.3 is 0 Å². The third-order valence-electron chi connectivity index (χ3n) is 2.57. The van der Waals surface area contributed by atoms with Gasteiger partial charge in [0.25, 0.3) is 0 Å². The van der Waals surface area contributed by atoms with Gasteiger partial charge in [-0.25, -0.2) is 14.8 Å². The molecule has 0 spiro atoms. The Labute approximate surface area is 98.5 Å². The van der Waals surface area contributed by atoms with Gasteiger partial charge in [-0.1, -0.05) is 0 Å². The second kappa shape index (κ2) is 5.03. The van der Waals surface area contributed by atoms with Gasteiger partial charge in [-0.05, 0) is 18.6 Å². The van der Waals surface area contributed by atoms with E-state index in [0.717, 1.165) is 18.6 Å². The van der Waals surface area contributed by atoms with Crippen molar-refractivity contribution in [1.29, 1.82) is 0 Å². The first kappa shape index (κ1) is 11.7. The fourth-order valence-electron chi connectivity index (χ4n) is 1.75. The number of hydrogen-bond acceptors (Lipinski definition) is 4. The van der Waals surface area contributed by atoms with Gasteiger partial charge in [0.15, 0.2) is 0 Å². The molecule has 3 N–H and O–H groups in total. The first-order valence-electron chi connectivity index (χ1n) is 5.34. The fraction of sp³-hybridized carbons (Fsp3) is 0.273. The van der Waals surface area contributed by atoms with E-state index in [1.807, 2.05) is 17.7 Å². The first-order chi connectivity index (χ1) is 8.26. The van der Waals surface area contributed by atoms with Crippen molar-refractivity contribution in [3.63, 3.8) is 0 Å². The molecule has 5 nitrogen and oxygen atoms in total. The average molecular weight is 235 g/mol. The zero-order valence-corrected chi connectivity index (χ0v) is 9.47. The van der Waals surface area contributed by atoms with Crippen molar-refractivity contribution in [2.24, 2.45) is 5.84 Å². The number of nitrogens with zero attached hydrogens (tertiary/aromatic N) is 3. The Bertz CT molecular complexity index is 496. The van der Waals surface area contributed by atoms with Crippen molar-refractivity contribution >= 4 is 0 Å². The molecule has 0 aliphatic rings. The molecular weight excluding hydrogens is 221 g/mol. The molecule has 90 valence electrons. The highest BCUT2D eigenvalue weighted by atomic mass is 19.1. The molecule has 2 aromatic rings. The number of aromatic nitrogens is 3. The Morgan fingerprint density at radius 1 is 1.53 bits per heavy atom. The molecule has 0 fully saturated rings. The summed E-state index contributed by atoms with van der Waals surface area (Å²) in [6.45, 7) is 2.78. The molecule has 0 radical (unpaired) electrons. The summed E-state index contributed by atoms with van der Waals surface area (Å²) in [5.74, 6) is 5.86. The Morgan fingerprint density at radius 3 is 3.00 bits per heavy atom. The van der Waals surface area contributed by atoms with Crippen LogP contribution in [0.5, 0.6) is 0 Å². The van der Waals surface area contributed by atoms with E-state index in [2.05, 4.69) is 15.4 Å². The topological polar surface area (TPSA) is 68.8 Å². The maximum atomic E-state index is 13.1. The Hall–Kier alpha value is -1.79. The van der Waals surface area contributed by atoms with E-state index < -0.39 is 5.82 Å². The third kappa shape index (κ3) is 2.32. The van der Waals surface area contributed by atoms with Crippen LogP contribution in [-0.2, 0) is 6.54 Å². The van der Waals surface area contributed by atoms with Crippen molar-refractivity contribution in [1.82, 2.24) is 20.0 Å². The number of nitrogens with one attached hydrogen (secondary N) is 1. The van der Waals surface area contributed by atoms with Crippen molar-refractivity contribution in [2.75, 3.05) is 0 Å². The number of hydrogen-bond donors (Lipinski definition) is 2. The summed E-state index contributed by atoms with van der Waals surface area (Å²) >= 11 is 0. The smallest absolute Gasteiger partial charge is 0.141 e. The number of rotatable bonds is 4. The van der Waals surface area contributed by atoms with Gasteiger partial charge in [-0.2, -0.15) is 0 Å². The summed E-state index contributed by atoms with van der Waals surface area (Å²) in [4.78, 5) is 8.05. The highest BCUT2D eigenvalue weighted by Crippen LogP contribution is 2.19. The molecule has 0 saturated heterocycles. The second-order valence-corrected chi connectivity index (χ2v) is 3.61. The summed E-state index contributed by atoms with van der Waals surface area (Å²) < 4.78 is 15.1. The van der Waals surface area contributed by atoms with Gasteiger partial charge in [-0.3, -0.25) is 10.8 Å². The predicted molar refractivity (Wildman–Crippen MR) is 61.3 cm³/mol. The van der Waals surface area contributed by atoms with E-state index in [0.29, 0.717) is 5.56 Å². The largest absolute Gasteiger partial charge is 0.334 e. The van der Waals surface area contributed by atoms with E-state index >= 15 is 0 Å². The second-order valence-electron chi connectivity index (χ2n) is 3.61. The van der Waals surface area contributed by atoms with Gasteiger partial charge in [0.2, 0.25) is 0 Å². The number of imidazole rings is 1. The zero-order chi connectivity index (χ0) is 12.3. The van der Waals surface area contributed by atoms with Crippen LogP contribution < -0.4 is 11.3 Å². The Kier molecular flexibility index (Phi) is 3.46. The zero-order valence-electron chi connectivity index (χ0n) is 9.47. The van der Waals surface area contributed by atoms with Crippen molar-refractivity contribution in [3.8, 4) is 0 Å². The summed E-state index contributed by atoms with van der Waals surface area (Å²) in [7, 11) is 0. The molecule has 1 atom stereocenters. The molecule has 6 heteroatoms. The Morgan fingerprint density at radius 2 is 2.35 bits per heavy atom. The molecule has 0 aliphatic carbocycles. The van der Waals surface area contributed by atoms with E-state index in [4.69, 9.17) is 5.84 Å². The third-order valence-corrected chi connectivity index (χ3v) is 2.57. The normalized spacial score (nSPS) is 12.6. The van der Waals surface area contributed by atoms with Crippen molar-refractivity contribution in [3.05, 3.63) is 48.1 Å². The molecule has 2 rings (SSSR count). The van der Waals surface area contributed by atoms with Crippen LogP contribution in [0.2, 0.25) is 0 Å². The average Bonchev–Trinajstić information content (AvgIpc) is 2.78. The van der Waals surface area contributed by atoms with Crippen LogP contribution in [0.4, 0.5) is 4.39 Å². The van der Waals surface area contributed by atoms with E-state index in [1.54, 1.807) is 12.4 Å². The van der Waals surface area contributed by atoms with Gasteiger partial charge in [0.05, 0.1) is 6.20 Å². The first-order valence-corrected chi connectivity index (χ1v) is 5.34. The Balaban J connectivity index is 2.40. The van der Waals surface area contributed by atoms with Crippen molar-refractivity contribution < 1.29 is 4.39 Å². The maximum Gasteiger partial charge on any atom is 0.141 e. The highest BCUT2D eigenvalue weighted by Gasteiger charge is 2.18. The lowest BCUT2D eigenvalue weighted by Gasteiger charge is -2.16. The van der Waals surface area contributed by atoms with Gasteiger partial charge in [-0.15, -0.1) is 0 Å². The number of pyridine rings is 1. The van der Waals surface area contributed by atoms with E-state index in [-0.39, 0.29) is 6.04 Å². The van der Waals surface area contributed by atoms with Gasteiger partial charge in [0.1, 0.15) is 17.7 Å². The predicted octanol–water partition coefficient (Wildman–Crippen LogP) is 0.990. The van der Waals surface area contributed by atoms with Crippen molar-refractivity contribution in [2.45, 2.75) is 19.5 Å². The molecule has 0 amide bonds.